The Morgan fingerprint density at radius 1 is 0.680 bits per heavy atom. The van der Waals surface area contributed by atoms with E-state index in [1.807, 2.05) is 0 Å². The molecule has 0 aliphatic carbocycles. The summed E-state index contributed by atoms with van der Waals surface area (Å²) in [5.41, 5.74) is 0. The number of hydrogen-bond acceptors (Lipinski definition) is 9. The molecule has 0 bridgehead atoms. The Labute approximate surface area is 158 Å². The molecule has 0 atom stereocenters. The average Bonchev–Trinajstić information content (AvgIpc) is 2.54. The standard InChI is InChI=1S/2C6H16N2O2.Cu.NO3/c2*9-5-3-7-1-2-8-4-6-10;;2-1(3)4/h2*7-10H,1-6H2;;/q;;+2;-1/p+2. The molecule has 12 nitrogen and oxygen atoms in total. The molecule has 10 N–H and O–H groups in total. The first-order valence-electron chi connectivity index (χ1n) is 7.72. The molecule has 0 aromatic heterocycles. The summed E-state index contributed by atoms with van der Waals surface area (Å²) in [5, 5.41) is 57.2. The number of aliphatic hydroxyl groups is 2. The monoisotopic (exact) mass is 423 g/mol. The fourth-order valence-corrected chi connectivity index (χ4v) is 1.19. The van der Waals surface area contributed by atoms with Crippen LogP contribution in [0, 0.1) is 15.3 Å². The van der Waals surface area contributed by atoms with Gasteiger partial charge >= 0.3 is 17.1 Å². The van der Waals surface area contributed by atoms with E-state index in [0.29, 0.717) is 26.3 Å². The van der Waals surface area contributed by atoms with Gasteiger partial charge in [-0.3, -0.25) is 0 Å². The van der Waals surface area contributed by atoms with Gasteiger partial charge in [0.05, 0.1) is 31.4 Å². The Morgan fingerprint density at radius 2 is 0.920 bits per heavy atom. The van der Waals surface area contributed by atoms with Crippen molar-refractivity contribution in [2.75, 3.05) is 78.8 Å². The van der Waals surface area contributed by atoms with Crippen molar-refractivity contribution in [3.05, 3.63) is 15.3 Å². The summed E-state index contributed by atoms with van der Waals surface area (Å²) in [6, 6.07) is 0. The SMILES string of the molecule is O=[N+]([O-])[O-].OCCNCCNCC[OH2+].OCCNCCNCC[OH2+].[Cu+2]. The van der Waals surface area contributed by atoms with E-state index in [0.717, 1.165) is 39.3 Å². The van der Waals surface area contributed by atoms with Crippen LogP contribution in [-0.4, -0.2) is 104 Å². The van der Waals surface area contributed by atoms with Gasteiger partial charge in [-0.15, -0.1) is 0 Å². The van der Waals surface area contributed by atoms with E-state index in [4.69, 9.17) is 35.7 Å². The maximum atomic E-state index is 8.36. The topological polar surface area (TPSA) is 201 Å². The number of hydrogen-bond donors (Lipinski definition) is 6. The Bertz CT molecular complexity index is 198. The van der Waals surface area contributed by atoms with Crippen LogP contribution in [0.1, 0.15) is 0 Å². The number of rotatable bonds is 14. The fourth-order valence-electron chi connectivity index (χ4n) is 1.19. The molecule has 1 radical (unpaired) electrons. The van der Waals surface area contributed by atoms with Gasteiger partial charge in [0.2, 0.25) is 0 Å². The van der Waals surface area contributed by atoms with Crippen molar-refractivity contribution in [1.82, 2.24) is 21.3 Å². The minimum Gasteiger partial charge on any atom is -0.444 e. The Kier molecular flexibility index (Phi) is 44.5. The van der Waals surface area contributed by atoms with Gasteiger partial charge in [0.1, 0.15) is 0 Å². The number of aliphatic hydroxyl groups excluding tert-OH is 2. The van der Waals surface area contributed by atoms with Crippen LogP contribution in [-0.2, 0) is 17.1 Å². The van der Waals surface area contributed by atoms with Gasteiger partial charge in [-0.1, -0.05) is 0 Å². The van der Waals surface area contributed by atoms with E-state index < -0.39 is 5.09 Å². The normalized spacial score (nSPS) is 9.12. The predicted octanol–water partition coefficient (Wildman–Crippen LogP) is -4.48. The van der Waals surface area contributed by atoms with Crippen LogP contribution in [0.3, 0.4) is 0 Å². The van der Waals surface area contributed by atoms with E-state index in [9.17, 15) is 0 Å². The summed E-state index contributed by atoms with van der Waals surface area (Å²) in [6.45, 7) is 7.53. The summed E-state index contributed by atoms with van der Waals surface area (Å²) >= 11 is 0. The first-order chi connectivity index (χ1) is 11.6. The molecule has 0 unspecified atom stereocenters. The van der Waals surface area contributed by atoms with Crippen LogP contribution in [0.25, 0.3) is 0 Å². The van der Waals surface area contributed by atoms with E-state index in [1.54, 1.807) is 0 Å². The summed E-state index contributed by atoms with van der Waals surface area (Å²) in [5.74, 6) is 0. The number of nitrogens with zero attached hydrogens (tertiary/aromatic N) is 1. The van der Waals surface area contributed by atoms with Gasteiger partial charge in [-0.2, -0.15) is 0 Å². The molecule has 0 heterocycles. The second-order valence-electron chi connectivity index (χ2n) is 4.17. The first-order valence-corrected chi connectivity index (χ1v) is 7.72. The van der Waals surface area contributed by atoms with Crippen molar-refractivity contribution in [2.24, 2.45) is 0 Å². The summed E-state index contributed by atoms with van der Waals surface area (Å²) in [4.78, 5) is 8.25. The minimum atomic E-state index is -1.75. The summed E-state index contributed by atoms with van der Waals surface area (Å²) < 4.78 is 0. The van der Waals surface area contributed by atoms with Gasteiger partial charge in [0.15, 0.2) is 13.2 Å². The molecule has 0 fully saturated rings. The molecular formula is C12H34CuN5O7+3. The third-order valence-electron chi connectivity index (χ3n) is 2.14. The van der Waals surface area contributed by atoms with E-state index in [1.165, 1.54) is 0 Å². The van der Waals surface area contributed by atoms with Crippen molar-refractivity contribution in [2.45, 2.75) is 0 Å². The largest absolute Gasteiger partial charge is 2.00 e. The van der Waals surface area contributed by atoms with E-state index in [2.05, 4.69) is 21.3 Å². The molecule has 0 saturated carbocycles. The quantitative estimate of drug-likeness (QED) is 0.0523. The van der Waals surface area contributed by atoms with E-state index in [-0.39, 0.29) is 30.3 Å². The third kappa shape index (κ3) is 59.7. The Hall–Kier alpha value is -0.601. The number of nitrogens with one attached hydrogen (secondary N) is 4. The first kappa shape index (κ1) is 32.1. The summed E-state index contributed by atoms with van der Waals surface area (Å²) in [6.07, 6.45) is 0. The van der Waals surface area contributed by atoms with Crippen LogP contribution in [0.2, 0.25) is 0 Å². The van der Waals surface area contributed by atoms with Crippen molar-refractivity contribution >= 4 is 0 Å². The summed E-state index contributed by atoms with van der Waals surface area (Å²) in [7, 11) is 0. The molecular weight excluding hydrogens is 390 g/mol. The Morgan fingerprint density at radius 3 is 1.12 bits per heavy atom. The molecule has 0 aromatic rings. The van der Waals surface area contributed by atoms with Gasteiger partial charge in [0, 0.05) is 39.3 Å². The molecule has 157 valence electrons. The molecule has 0 aromatic carbocycles. The second kappa shape index (κ2) is 34.7. The maximum Gasteiger partial charge on any atom is 2.00 e. The average molecular weight is 424 g/mol. The maximum absolute atomic E-state index is 8.36. The molecule has 25 heavy (non-hydrogen) atoms. The zero-order valence-electron chi connectivity index (χ0n) is 14.4. The van der Waals surface area contributed by atoms with Crippen molar-refractivity contribution in [1.29, 1.82) is 0 Å². The van der Waals surface area contributed by atoms with Crippen LogP contribution in [0.5, 0.6) is 0 Å². The van der Waals surface area contributed by atoms with Crippen molar-refractivity contribution < 1.29 is 42.6 Å². The van der Waals surface area contributed by atoms with Crippen molar-refractivity contribution in [3.63, 3.8) is 0 Å². The van der Waals surface area contributed by atoms with Crippen LogP contribution in [0.15, 0.2) is 0 Å². The third-order valence-corrected chi connectivity index (χ3v) is 2.14. The van der Waals surface area contributed by atoms with Crippen LogP contribution >= 0.6 is 0 Å². The molecule has 0 saturated heterocycles. The predicted molar refractivity (Wildman–Crippen MR) is 93.0 cm³/mol. The van der Waals surface area contributed by atoms with Gasteiger partial charge in [0.25, 0.3) is 0 Å². The second-order valence-corrected chi connectivity index (χ2v) is 4.17. The van der Waals surface area contributed by atoms with Gasteiger partial charge in [-0.05, 0) is 0 Å². The molecule has 0 amide bonds. The van der Waals surface area contributed by atoms with Crippen LogP contribution in [0.4, 0.5) is 0 Å². The zero-order chi connectivity index (χ0) is 18.9. The molecule has 13 heteroatoms. The molecule has 0 aliphatic heterocycles. The van der Waals surface area contributed by atoms with Crippen molar-refractivity contribution in [3.8, 4) is 0 Å². The van der Waals surface area contributed by atoms with Crippen LogP contribution < -0.4 is 21.3 Å². The van der Waals surface area contributed by atoms with Gasteiger partial charge < -0.3 is 57.0 Å². The Balaban J connectivity index is -0.000000141. The molecule has 0 aliphatic rings. The zero-order valence-corrected chi connectivity index (χ0v) is 15.3. The molecule has 0 rings (SSSR count). The minimum absolute atomic E-state index is 0. The van der Waals surface area contributed by atoms with Gasteiger partial charge in [-0.25, -0.2) is 0 Å². The molecule has 0 spiro atoms. The van der Waals surface area contributed by atoms with E-state index >= 15 is 0 Å². The smallest absolute Gasteiger partial charge is 0.444 e. The fraction of sp³-hybridized carbons (Fsp3) is 1.00.